The molecule has 20 heavy (non-hydrogen) atoms. The molecule has 0 atom stereocenters. The Balaban J connectivity index is 2.46. The third-order valence-electron chi connectivity index (χ3n) is 2.24. The van der Waals surface area contributed by atoms with Gasteiger partial charge in [-0.1, -0.05) is 37.9 Å². The molecule has 0 fully saturated rings. The molecular formula is C13H16N2O4S. The van der Waals surface area contributed by atoms with Crippen LogP contribution in [0.3, 0.4) is 0 Å². The molecule has 0 saturated heterocycles. The van der Waals surface area contributed by atoms with Crippen LogP contribution < -0.4 is 5.32 Å². The molecule has 3 amide bonds. The van der Waals surface area contributed by atoms with Crippen LogP contribution in [0, 0.1) is 0 Å². The fourth-order valence-corrected chi connectivity index (χ4v) is 1.44. The highest BCUT2D eigenvalue weighted by molar-refractivity contribution is 7.78. The van der Waals surface area contributed by atoms with Gasteiger partial charge in [0.2, 0.25) is 0 Å². The molecule has 0 aliphatic rings. The summed E-state index contributed by atoms with van der Waals surface area (Å²) in [7, 11) is 0. The van der Waals surface area contributed by atoms with Gasteiger partial charge in [-0.2, -0.15) is 0 Å². The zero-order valence-corrected chi connectivity index (χ0v) is 11.9. The van der Waals surface area contributed by atoms with Crippen LogP contribution in [0.15, 0.2) is 30.3 Å². The van der Waals surface area contributed by atoms with E-state index >= 15 is 0 Å². The van der Waals surface area contributed by atoms with E-state index in [0.29, 0.717) is 12.0 Å². The number of thiol groups is 1. The van der Waals surface area contributed by atoms with Crippen molar-refractivity contribution in [2.45, 2.75) is 13.3 Å². The molecule has 0 bridgehead atoms. The molecule has 0 aromatic heterocycles. The largest absolute Gasteiger partial charge is 0.464 e. The van der Waals surface area contributed by atoms with Gasteiger partial charge >= 0.3 is 12.0 Å². The van der Waals surface area contributed by atoms with Crippen LogP contribution >= 0.6 is 12.8 Å². The molecule has 0 saturated carbocycles. The number of nitrogens with zero attached hydrogens (tertiary/aromatic N) is 1. The highest BCUT2D eigenvalue weighted by Crippen LogP contribution is 2.00. The van der Waals surface area contributed by atoms with Crippen molar-refractivity contribution < 1.29 is 19.1 Å². The van der Waals surface area contributed by atoms with E-state index in [0.717, 1.165) is 4.31 Å². The predicted octanol–water partition coefficient (Wildman–Crippen LogP) is 1.64. The summed E-state index contributed by atoms with van der Waals surface area (Å²) in [4.78, 5) is 34.6. The monoisotopic (exact) mass is 296 g/mol. The van der Waals surface area contributed by atoms with Gasteiger partial charge in [0.15, 0.2) is 0 Å². The maximum Gasteiger partial charge on any atom is 0.334 e. The molecule has 6 nitrogen and oxygen atoms in total. The second kappa shape index (κ2) is 8.21. The van der Waals surface area contributed by atoms with Gasteiger partial charge in [0.1, 0.15) is 6.54 Å². The first-order valence-electron chi connectivity index (χ1n) is 6.07. The van der Waals surface area contributed by atoms with Crippen LogP contribution in [-0.4, -0.2) is 35.4 Å². The Hall–Kier alpha value is -2.02. The van der Waals surface area contributed by atoms with Crippen molar-refractivity contribution in [1.29, 1.82) is 0 Å². The molecule has 7 heteroatoms. The number of urea groups is 1. The Morgan fingerprint density at radius 1 is 1.25 bits per heavy atom. The second-order valence-corrected chi connectivity index (χ2v) is 4.39. The number of imide groups is 1. The quantitative estimate of drug-likeness (QED) is 0.640. The predicted molar refractivity (Wildman–Crippen MR) is 76.2 cm³/mol. The zero-order valence-electron chi connectivity index (χ0n) is 11.0. The van der Waals surface area contributed by atoms with Crippen molar-refractivity contribution in [1.82, 2.24) is 9.62 Å². The summed E-state index contributed by atoms with van der Waals surface area (Å²) in [5, 5.41) is 2.12. The van der Waals surface area contributed by atoms with Crippen LogP contribution in [0.25, 0.3) is 0 Å². The number of ether oxygens (including phenoxy) is 1. The van der Waals surface area contributed by atoms with Crippen molar-refractivity contribution in [3.05, 3.63) is 35.9 Å². The number of carbonyl (C=O) groups is 3. The number of nitrogens with one attached hydrogen (secondary N) is 1. The second-order valence-electron chi connectivity index (χ2n) is 3.90. The summed E-state index contributed by atoms with van der Waals surface area (Å²) < 4.78 is 5.60. The number of carbonyl (C=O) groups excluding carboxylic acids is 3. The first kappa shape index (κ1) is 16.0. The zero-order chi connectivity index (χ0) is 15.0. The third kappa shape index (κ3) is 5.31. The van der Waals surface area contributed by atoms with Crippen molar-refractivity contribution in [2.75, 3.05) is 13.2 Å². The highest BCUT2D eigenvalue weighted by Gasteiger charge is 2.17. The van der Waals surface area contributed by atoms with Gasteiger partial charge < -0.3 is 4.74 Å². The van der Waals surface area contributed by atoms with Crippen molar-refractivity contribution in [3.8, 4) is 0 Å². The number of rotatable bonds is 5. The molecule has 0 aliphatic heterocycles. The summed E-state index contributed by atoms with van der Waals surface area (Å²) in [6.07, 6.45) is 0.691. The molecule has 108 valence electrons. The molecule has 1 aromatic rings. The lowest BCUT2D eigenvalue weighted by Crippen LogP contribution is -2.40. The lowest BCUT2D eigenvalue weighted by atomic mass is 10.2. The molecule has 0 heterocycles. The van der Waals surface area contributed by atoms with Gasteiger partial charge in [-0.05, 0) is 18.6 Å². The lowest BCUT2D eigenvalue weighted by molar-refractivity contribution is -0.143. The number of benzene rings is 1. The average Bonchev–Trinajstić information content (AvgIpc) is 2.45. The van der Waals surface area contributed by atoms with E-state index in [1.165, 1.54) is 0 Å². The van der Waals surface area contributed by atoms with Gasteiger partial charge in [-0.3, -0.25) is 19.2 Å². The molecule has 0 radical (unpaired) electrons. The molecule has 0 unspecified atom stereocenters. The van der Waals surface area contributed by atoms with E-state index in [1.807, 2.05) is 6.92 Å². The smallest absolute Gasteiger partial charge is 0.334 e. The van der Waals surface area contributed by atoms with Crippen LogP contribution in [-0.2, 0) is 9.53 Å². The summed E-state index contributed by atoms with van der Waals surface area (Å²) in [5.41, 5.74) is 0.344. The van der Waals surface area contributed by atoms with E-state index in [9.17, 15) is 14.4 Å². The highest BCUT2D eigenvalue weighted by atomic mass is 32.1. The maximum absolute atomic E-state index is 11.7. The fraction of sp³-hybridized carbons (Fsp3) is 0.308. The molecule has 0 aliphatic carbocycles. The number of amides is 3. The Bertz CT molecular complexity index is 479. The number of hydrogen-bond donors (Lipinski definition) is 2. The van der Waals surface area contributed by atoms with Gasteiger partial charge in [-0.25, -0.2) is 4.79 Å². The third-order valence-corrected chi connectivity index (χ3v) is 2.56. The maximum atomic E-state index is 11.7. The van der Waals surface area contributed by atoms with Gasteiger partial charge in [-0.15, -0.1) is 0 Å². The Kier molecular flexibility index (Phi) is 6.58. The Morgan fingerprint density at radius 2 is 1.90 bits per heavy atom. The van der Waals surface area contributed by atoms with E-state index < -0.39 is 17.9 Å². The van der Waals surface area contributed by atoms with Crippen molar-refractivity contribution >= 4 is 30.7 Å². The Morgan fingerprint density at radius 3 is 2.50 bits per heavy atom. The summed E-state index contributed by atoms with van der Waals surface area (Å²) in [5.74, 6) is -1.14. The van der Waals surface area contributed by atoms with Crippen LogP contribution in [0.5, 0.6) is 0 Å². The van der Waals surface area contributed by atoms with E-state index in [2.05, 4.69) is 18.1 Å². The molecule has 0 spiro atoms. The standard InChI is InChI=1S/C13H16N2O4S/c1-2-8-19-11(16)9-15(20)13(18)14-12(17)10-6-4-3-5-7-10/h3-7,20H,2,8-9H2,1H3,(H,14,17,18). The SMILES string of the molecule is CCCOC(=O)CN(S)C(=O)NC(=O)c1ccccc1. The lowest BCUT2D eigenvalue weighted by Gasteiger charge is -2.15. The topological polar surface area (TPSA) is 75.7 Å². The summed E-state index contributed by atoms with van der Waals surface area (Å²) in [6.45, 7) is 1.80. The normalized spacial score (nSPS) is 9.70. The van der Waals surface area contributed by atoms with Crippen molar-refractivity contribution in [2.24, 2.45) is 0 Å². The van der Waals surface area contributed by atoms with Gasteiger partial charge in [0.25, 0.3) is 5.91 Å². The fourth-order valence-electron chi connectivity index (χ4n) is 1.28. The molecule has 1 N–H and O–H groups in total. The minimum absolute atomic E-state index is 0.283. The first-order valence-corrected chi connectivity index (χ1v) is 6.47. The number of hydrogen-bond acceptors (Lipinski definition) is 5. The Labute approximate surface area is 122 Å². The number of esters is 1. The summed E-state index contributed by atoms with van der Waals surface area (Å²) in [6, 6.07) is 7.48. The minimum atomic E-state index is -0.782. The van der Waals surface area contributed by atoms with Gasteiger partial charge in [0.05, 0.1) is 6.61 Å². The van der Waals surface area contributed by atoms with E-state index in [4.69, 9.17) is 4.74 Å². The van der Waals surface area contributed by atoms with E-state index in [1.54, 1.807) is 30.3 Å². The van der Waals surface area contributed by atoms with Crippen molar-refractivity contribution in [3.63, 3.8) is 0 Å². The molecular weight excluding hydrogens is 280 g/mol. The van der Waals surface area contributed by atoms with E-state index in [-0.39, 0.29) is 13.2 Å². The van der Waals surface area contributed by atoms with Crippen LogP contribution in [0.4, 0.5) is 4.79 Å². The van der Waals surface area contributed by atoms with Gasteiger partial charge in [0, 0.05) is 5.56 Å². The van der Waals surface area contributed by atoms with Crippen LogP contribution in [0.2, 0.25) is 0 Å². The molecule has 1 aromatic carbocycles. The summed E-state index contributed by atoms with van der Waals surface area (Å²) >= 11 is 3.84. The molecule has 1 rings (SSSR count). The first-order chi connectivity index (χ1) is 9.54. The average molecular weight is 296 g/mol. The minimum Gasteiger partial charge on any atom is -0.464 e. The van der Waals surface area contributed by atoms with Crippen LogP contribution in [0.1, 0.15) is 23.7 Å².